The van der Waals surface area contributed by atoms with Crippen molar-refractivity contribution in [1.82, 2.24) is 9.62 Å². The van der Waals surface area contributed by atoms with Crippen molar-refractivity contribution in [3.05, 3.63) is 28.8 Å². The monoisotopic (exact) mass is 450 g/mol. The number of likely N-dealkylation sites (N-methyl/N-ethyl adjacent to an activating group) is 1. The summed E-state index contributed by atoms with van der Waals surface area (Å²) in [6.45, 7) is 19.3. The van der Waals surface area contributed by atoms with Crippen molar-refractivity contribution < 1.29 is 9.35 Å². The standard InChI is InChI=1S/C26H46N2O2S/c1-17(2)12-20-15-21(13-18(3)4)23(22(16-20)14-19(5)6)31(30)27-24(26(7,8)9)25(29)28(10)11/h15-19,24,27H,12-14H2,1-11H3/t24-,31?/m0/s1. The topological polar surface area (TPSA) is 55.4 Å². The Kier molecular flexibility index (Phi) is 10.6. The molecule has 0 spiro atoms. The van der Waals surface area contributed by atoms with Crippen LogP contribution in [0.4, 0.5) is 0 Å². The van der Waals surface area contributed by atoms with Crippen molar-refractivity contribution in [2.24, 2.45) is 23.2 Å². The van der Waals surface area contributed by atoms with Crippen LogP contribution in [0.15, 0.2) is 17.0 Å². The van der Waals surface area contributed by atoms with Gasteiger partial charge in [0, 0.05) is 25.2 Å². The second kappa shape index (κ2) is 11.7. The minimum atomic E-state index is -1.47. The fourth-order valence-corrected chi connectivity index (χ4v) is 5.41. The largest absolute Gasteiger partial charge is 0.593 e. The molecule has 1 aromatic carbocycles. The normalized spacial score (nSPS) is 14.4. The van der Waals surface area contributed by atoms with E-state index in [1.165, 1.54) is 5.56 Å². The number of nitrogens with one attached hydrogen (secondary N) is 1. The highest BCUT2D eigenvalue weighted by Crippen LogP contribution is 2.30. The summed E-state index contributed by atoms with van der Waals surface area (Å²) >= 11 is -1.47. The van der Waals surface area contributed by atoms with E-state index in [1.807, 2.05) is 20.8 Å². The zero-order valence-electron chi connectivity index (χ0n) is 21.8. The summed E-state index contributed by atoms with van der Waals surface area (Å²) in [6.07, 6.45) is 2.77. The van der Waals surface area contributed by atoms with E-state index in [4.69, 9.17) is 0 Å². The SMILES string of the molecule is CC(C)Cc1cc(CC(C)C)c([S+]([O-])N[C@@H](C(=O)N(C)C)C(C)(C)C)c(CC(C)C)c1. The highest BCUT2D eigenvalue weighted by molar-refractivity contribution is 7.89. The molecule has 0 heterocycles. The molecule has 0 aromatic heterocycles. The van der Waals surface area contributed by atoms with Crippen LogP contribution in [0.2, 0.25) is 0 Å². The van der Waals surface area contributed by atoms with E-state index in [0.717, 1.165) is 35.3 Å². The highest BCUT2D eigenvalue weighted by Gasteiger charge is 2.38. The summed E-state index contributed by atoms with van der Waals surface area (Å²) in [5.41, 5.74) is 3.27. The average molecular weight is 451 g/mol. The third-order valence-corrected chi connectivity index (χ3v) is 6.51. The van der Waals surface area contributed by atoms with Crippen molar-refractivity contribution in [3.8, 4) is 0 Å². The minimum Gasteiger partial charge on any atom is -0.593 e. The molecule has 0 aliphatic rings. The maximum atomic E-state index is 13.8. The van der Waals surface area contributed by atoms with E-state index in [2.05, 4.69) is 58.4 Å². The van der Waals surface area contributed by atoms with Gasteiger partial charge < -0.3 is 9.45 Å². The molecule has 1 aromatic rings. The van der Waals surface area contributed by atoms with Crippen LogP contribution in [-0.4, -0.2) is 35.5 Å². The minimum absolute atomic E-state index is 0.0481. The summed E-state index contributed by atoms with van der Waals surface area (Å²) in [4.78, 5) is 15.4. The molecule has 178 valence electrons. The molecule has 1 N–H and O–H groups in total. The van der Waals surface area contributed by atoms with Crippen molar-refractivity contribution in [2.75, 3.05) is 14.1 Å². The number of carbonyl (C=O) groups is 1. The molecule has 1 amide bonds. The van der Waals surface area contributed by atoms with Gasteiger partial charge in [-0.1, -0.05) is 74.4 Å². The Morgan fingerprint density at radius 2 is 1.35 bits per heavy atom. The van der Waals surface area contributed by atoms with E-state index < -0.39 is 17.4 Å². The Hall–Kier alpha value is -1.04. The van der Waals surface area contributed by atoms with Crippen LogP contribution in [0.1, 0.15) is 79.0 Å². The summed E-state index contributed by atoms with van der Waals surface area (Å²) < 4.78 is 17.0. The highest BCUT2D eigenvalue weighted by atomic mass is 32.2. The van der Waals surface area contributed by atoms with Gasteiger partial charge in [-0.3, -0.25) is 4.79 Å². The van der Waals surface area contributed by atoms with Gasteiger partial charge in [0.2, 0.25) is 5.91 Å². The number of benzene rings is 1. The molecular weight excluding hydrogens is 404 g/mol. The molecular formula is C26H46N2O2S. The Morgan fingerprint density at radius 1 is 0.935 bits per heavy atom. The van der Waals surface area contributed by atoms with Gasteiger partial charge >= 0.3 is 0 Å². The predicted octanol–water partition coefficient (Wildman–Crippen LogP) is 5.40. The lowest BCUT2D eigenvalue weighted by molar-refractivity contribution is -0.132. The number of hydrogen-bond acceptors (Lipinski definition) is 3. The zero-order valence-corrected chi connectivity index (χ0v) is 22.6. The Labute approximate surface area is 194 Å². The van der Waals surface area contributed by atoms with Crippen molar-refractivity contribution >= 4 is 17.3 Å². The zero-order chi connectivity index (χ0) is 24.1. The van der Waals surface area contributed by atoms with Gasteiger partial charge in [0.15, 0.2) is 4.90 Å². The van der Waals surface area contributed by atoms with Crippen LogP contribution in [-0.2, 0) is 35.4 Å². The molecule has 1 unspecified atom stereocenters. The maximum absolute atomic E-state index is 13.8. The Morgan fingerprint density at radius 3 is 1.68 bits per heavy atom. The number of rotatable bonds is 10. The number of amides is 1. The predicted molar refractivity (Wildman–Crippen MR) is 134 cm³/mol. The molecule has 0 aliphatic heterocycles. The van der Waals surface area contributed by atoms with Gasteiger partial charge in [-0.25, -0.2) is 0 Å². The summed E-state index contributed by atoms with van der Waals surface area (Å²) in [5.74, 6) is 1.43. The molecule has 0 saturated heterocycles. The van der Waals surface area contributed by atoms with E-state index in [-0.39, 0.29) is 11.3 Å². The van der Waals surface area contributed by atoms with Crippen LogP contribution >= 0.6 is 0 Å². The molecule has 0 fully saturated rings. The summed E-state index contributed by atoms with van der Waals surface area (Å²) in [6, 6.07) is 3.97. The van der Waals surface area contributed by atoms with Gasteiger partial charge in [-0.2, -0.15) is 0 Å². The van der Waals surface area contributed by atoms with Crippen LogP contribution in [0.3, 0.4) is 0 Å². The Balaban J connectivity index is 3.54. The van der Waals surface area contributed by atoms with Crippen molar-refractivity contribution in [2.45, 2.75) is 92.5 Å². The molecule has 0 saturated carbocycles. The number of nitrogens with zero attached hydrogens (tertiary/aromatic N) is 1. The third kappa shape index (κ3) is 8.78. The smallest absolute Gasteiger partial charge is 0.244 e. The fraction of sp³-hybridized carbons (Fsp3) is 0.731. The van der Waals surface area contributed by atoms with Gasteiger partial charge in [-0.05, 0) is 48.0 Å². The molecule has 31 heavy (non-hydrogen) atoms. The first kappa shape index (κ1) is 28.0. The molecule has 2 atom stereocenters. The molecule has 0 aliphatic carbocycles. The van der Waals surface area contributed by atoms with Gasteiger partial charge in [-0.15, -0.1) is 4.72 Å². The fourth-order valence-electron chi connectivity index (χ4n) is 3.86. The molecule has 0 radical (unpaired) electrons. The van der Waals surface area contributed by atoms with Gasteiger partial charge in [0.05, 0.1) is 11.4 Å². The van der Waals surface area contributed by atoms with E-state index in [0.29, 0.717) is 17.8 Å². The first-order chi connectivity index (χ1) is 14.1. The lowest BCUT2D eigenvalue weighted by atomic mass is 9.87. The van der Waals surface area contributed by atoms with Crippen LogP contribution in [0.25, 0.3) is 0 Å². The lowest BCUT2D eigenvalue weighted by Gasteiger charge is -2.32. The van der Waals surface area contributed by atoms with E-state index >= 15 is 0 Å². The van der Waals surface area contributed by atoms with Gasteiger partial charge in [0.25, 0.3) is 0 Å². The van der Waals surface area contributed by atoms with Gasteiger partial charge in [0.1, 0.15) is 6.04 Å². The second-order valence-corrected chi connectivity index (χ2v) is 12.6. The van der Waals surface area contributed by atoms with E-state index in [1.54, 1.807) is 19.0 Å². The molecule has 5 heteroatoms. The lowest BCUT2D eigenvalue weighted by Crippen LogP contribution is -2.53. The summed E-state index contributed by atoms with van der Waals surface area (Å²) in [7, 11) is 3.50. The van der Waals surface area contributed by atoms with Crippen molar-refractivity contribution in [3.63, 3.8) is 0 Å². The average Bonchev–Trinajstić information content (AvgIpc) is 2.55. The first-order valence-corrected chi connectivity index (χ1v) is 12.8. The molecule has 1 rings (SSSR count). The Bertz CT molecular complexity index is 690. The molecule has 4 nitrogen and oxygen atoms in total. The van der Waals surface area contributed by atoms with Crippen LogP contribution in [0, 0.1) is 23.2 Å². The van der Waals surface area contributed by atoms with Crippen LogP contribution < -0.4 is 4.72 Å². The second-order valence-electron chi connectivity index (χ2n) is 11.5. The van der Waals surface area contributed by atoms with E-state index in [9.17, 15) is 9.35 Å². The van der Waals surface area contributed by atoms with Crippen LogP contribution in [0.5, 0.6) is 0 Å². The maximum Gasteiger partial charge on any atom is 0.244 e. The summed E-state index contributed by atoms with van der Waals surface area (Å²) in [5, 5.41) is 0. The quantitative estimate of drug-likeness (QED) is 0.486. The first-order valence-electron chi connectivity index (χ1n) is 11.7. The number of carbonyl (C=O) groups excluding carboxylic acids is 1. The van der Waals surface area contributed by atoms with Crippen molar-refractivity contribution in [1.29, 1.82) is 0 Å². The molecule has 0 bridgehead atoms. The number of hydrogen-bond donors (Lipinski definition) is 1. The third-order valence-electron chi connectivity index (χ3n) is 5.17.